The minimum Gasteiger partial charge on any atom is -0.497 e. The maximum atomic E-state index is 12.9. The average molecular weight is 400 g/mol. The van der Waals surface area contributed by atoms with Crippen LogP contribution in [0.1, 0.15) is 28.6 Å². The number of carbonyl (C=O) groups excluding carboxylic acids is 1. The molecule has 4 rings (SSSR count). The molecule has 1 unspecified atom stereocenters. The standard InChI is InChI=1S/C22H29N3O2S/c1-17-5-10-21(28-17)20-4-3-11-25(20)16-22(26)24-14-12-23(13-15-24)18-6-8-19(27-2)9-7-18/h5-10,20H,3-4,11-16H2,1-2H3. The fourth-order valence-electron chi connectivity index (χ4n) is 4.25. The maximum Gasteiger partial charge on any atom is 0.236 e. The molecular weight excluding hydrogens is 370 g/mol. The first-order chi connectivity index (χ1) is 13.6. The molecule has 28 heavy (non-hydrogen) atoms. The third-order valence-corrected chi connectivity index (χ3v) is 6.96. The number of benzene rings is 1. The average Bonchev–Trinajstić information content (AvgIpc) is 3.36. The molecule has 2 aliphatic rings. The molecule has 0 saturated carbocycles. The fourth-order valence-corrected chi connectivity index (χ4v) is 5.30. The van der Waals surface area contributed by atoms with E-state index < -0.39 is 0 Å². The molecule has 0 spiro atoms. The summed E-state index contributed by atoms with van der Waals surface area (Å²) in [6.07, 6.45) is 2.35. The topological polar surface area (TPSA) is 36.0 Å². The van der Waals surface area contributed by atoms with Crippen molar-refractivity contribution in [1.29, 1.82) is 0 Å². The van der Waals surface area contributed by atoms with Gasteiger partial charge in [-0.2, -0.15) is 0 Å². The molecule has 2 aliphatic heterocycles. The molecule has 0 radical (unpaired) electrons. The van der Waals surface area contributed by atoms with Gasteiger partial charge in [-0.05, 0) is 62.7 Å². The molecule has 0 bridgehead atoms. The van der Waals surface area contributed by atoms with E-state index in [-0.39, 0.29) is 5.91 Å². The zero-order valence-corrected chi connectivity index (χ0v) is 17.6. The summed E-state index contributed by atoms with van der Waals surface area (Å²) in [4.78, 5) is 22.4. The van der Waals surface area contributed by atoms with Crippen molar-refractivity contribution >= 4 is 22.9 Å². The van der Waals surface area contributed by atoms with Crippen molar-refractivity contribution in [2.24, 2.45) is 0 Å². The largest absolute Gasteiger partial charge is 0.497 e. The normalized spacial score (nSPS) is 20.6. The van der Waals surface area contributed by atoms with Crippen LogP contribution in [0.5, 0.6) is 5.75 Å². The predicted molar refractivity (Wildman–Crippen MR) is 114 cm³/mol. The van der Waals surface area contributed by atoms with Gasteiger partial charge >= 0.3 is 0 Å². The van der Waals surface area contributed by atoms with Crippen LogP contribution in [0.4, 0.5) is 5.69 Å². The fraction of sp³-hybridized carbons (Fsp3) is 0.500. The van der Waals surface area contributed by atoms with E-state index in [9.17, 15) is 4.79 Å². The number of amides is 1. The Kier molecular flexibility index (Phi) is 5.87. The van der Waals surface area contributed by atoms with E-state index >= 15 is 0 Å². The number of hydrogen-bond acceptors (Lipinski definition) is 5. The van der Waals surface area contributed by atoms with E-state index in [1.54, 1.807) is 7.11 Å². The van der Waals surface area contributed by atoms with Crippen molar-refractivity contribution in [2.45, 2.75) is 25.8 Å². The van der Waals surface area contributed by atoms with Gasteiger partial charge in [-0.1, -0.05) is 0 Å². The highest BCUT2D eigenvalue weighted by Gasteiger charge is 2.30. The summed E-state index contributed by atoms with van der Waals surface area (Å²) in [6, 6.07) is 13.0. The Balaban J connectivity index is 1.31. The molecule has 2 fully saturated rings. The van der Waals surface area contributed by atoms with E-state index in [0.29, 0.717) is 12.6 Å². The van der Waals surface area contributed by atoms with Gasteiger partial charge in [0.2, 0.25) is 5.91 Å². The second-order valence-electron chi connectivity index (χ2n) is 7.64. The van der Waals surface area contributed by atoms with E-state index in [2.05, 4.69) is 41.0 Å². The lowest BCUT2D eigenvalue weighted by molar-refractivity contribution is -0.133. The van der Waals surface area contributed by atoms with Gasteiger partial charge in [0.25, 0.3) is 0 Å². The third-order valence-electron chi connectivity index (χ3n) is 5.86. The van der Waals surface area contributed by atoms with Crippen molar-refractivity contribution in [1.82, 2.24) is 9.80 Å². The highest BCUT2D eigenvalue weighted by molar-refractivity contribution is 7.12. The molecular formula is C22H29N3O2S. The Hall–Kier alpha value is -2.05. The second-order valence-corrected chi connectivity index (χ2v) is 8.96. The molecule has 1 atom stereocenters. The minimum absolute atomic E-state index is 0.273. The smallest absolute Gasteiger partial charge is 0.236 e. The first-order valence-corrected chi connectivity index (χ1v) is 10.9. The van der Waals surface area contributed by atoms with Crippen molar-refractivity contribution in [3.8, 4) is 5.75 Å². The summed E-state index contributed by atoms with van der Waals surface area (Å²) < 4.78 is 5.23. The van der Waals surface area contributed by atoms with Crippen molar-refractivity contribution in [3.05, 3.63) is 46.2 Å². The van der Waals surface area contributed by atoms with Crippen LogP contribution in [0.3, 0.4) is 0 Å². The van der Waals surface area contributed by atoms with Crippen LogP contribution in [0.25, 0.3) is 0 Å². The van der Waals surface area contributed by atoms with Crippen LogP contribution in [0.2, 0.25) is 0 Å². The molecule has 5 nitrogen and oxygen atoms in total. The highest BCUT2D eigenvalue weighted by atomic mass is 32.1. The lowest BCUT2D eigenvalue weighted by Crippen LogP contribution is -2.51. The van der Waals surface area contributed by atoms with Gasteiger partial charge < -0.3 is 14.5 Å². The number of anilines is 1. The number of ether oxygens (including phenoxy) is 1. The van der Waals surface area contributed by atoms with E-state index in [0.717, 1.165) is 38.5 Å². The van der Waals surface area contributed by atoms with Gasteiger partial charge in [0.1, 0.15) is 5.75 Å². The number of carbonyl (C=O) groups is 1. The number of nitrogens with zero attached hydrogens (tertiary/aromatic N) is 3. The van der Waals surface area contributed by atoms with Crippen LogP contribution >= 0.6 is 11.3 Å². The number of methoxy groups -OCH3 is 1. The first kappa shape index (κ1) is 19.3. The summed E-state index contributed by atoms with van der Waals surface area (Å²) >= 11 is 1.87. The molecule has 1 amide bonds. The van der Waals surface area contributed by atoms with Crippen LogP contribution in [0, 0.1) is 6.92 Å². The number of hydrogen-bond donors (Lipinski definition) is 0. The lowest BCUT2D eigenvalue weighted by atomic mass is 10.2. The van der Waals surface area contributed by atoms with Crippen LogP contribution < -0.4 is 9.64 Å². The van der Waals surface area contributed by atoms with E-state index in [1.807, 2.05) is 28.4 Å². The molecule has 1 aromatic carbocycles. The zero-order chi connectivity index (χ0) is 19.5. The number of aryl methyl sites for hydroxylation is 1. The maximum absolute atomic E-state index is 12.9. The summed E-state index contributed by atoms with van der Waals surface area (Å²) in [5.41, 5.74) is 1.19. The second kappa shape index (κ2) is 8.53. The molecule has 2 saturated heterocycles. The van der Waals surface area contributed by atoms with Crippen molar-refractivity contribution in [3.63, 3.8) is 0 Å². The molecule has 0 N–H and O–H groups in total. The quantitative estimate of drug-likeness (QED) is 0.770. The van der Waals surface area contributed by atoms with Gasteiger partial charge in [-0.15, -0.1) is 11.3 Å². The van der Waals surface area contributed by atoms with Gasteiger partial charge in [0, 0.05) is 47.7 Å². The molecule has 2 aromatic rings. The third kappa shape index (κ3) is 4.18. The zero-order valence-electron chi connectivity index (χ0n) is 16.8. The number of rotatable bonds is 5. The van der Waals surface area contributed by atoms with Crippen LogP contribution in [-0.4, -0.2) is 62.1 Å². The molecule has 150 valence electrons. The molecule has 0 aliphatic carbocycles. The van der Waals surface area contributed by atoms with Crippen LogP contribution in [0.15, 0.2) is 36.4 Å². The highest BCUT2D eigenvalue weighted by Crippen LogP contribution is 2.35. The number of thiophene rings is 1. The Bertz CT molecular complexity index is 796. The van der Waals surface area contributed by atoms with Gasteiger partial charge in [-0.3, -0.25) is 9.69 Å². The van der Waals surface area contributed by atoms with Gasteiger partial charge in [0.05, 0.1) is 13.7 Å². The van der Waals surface area contributed by atoms with Gasteiger partial charge in [-0.25, -0.2) is 0 Å². The minimum atomic E-state index is 0.273. The molecule has 6 heteroatoms. The van der Waals surface area contributed by atoms with Crippen molar-refractivity contribution < 1.29 is 9.53 Å². The number of piperazine rings is 1. The SMILES string of the molecule is COc1ccc(N2CCN(C(=O)CN3CCCC3c3ccc(C)s3)CC2)cc1. The van der Waals surface area contributed by atoms with E-state index in [1.165, 1.54) is 28.3 Å². The molecule has 3 heterocycles. The van der Waals surface area contributed by atoms with Crippen LogP contribution in [-0.2, 0) is 4.79 Å². The Morgan fingerprint density at radius 3 is 2.46 bits per heavy atom. The summed E-state index contributed by atoms with van der Waals surface area (Å²) in [6.45, 7) is 7.07. The Morgan fingerprint density at radius 2 is 1.82 bits per heavy atom. The first-order valence-electron chi connectivity index (χ1n) is 10.1. The number of likely N-dealkylation sites (tertiary alicyclic amines) is 1. The Labute approximate surface area is 171 Å². The Morgan fingerprint density at radius 1 is 1.07 bits per heavy atom. The van der Waals surface area contributed by atoms with Gasteiger partial charge in [0.15, 0.2) is 0 Å². The molecule has 1 aromatic heterocycles. The lowest BCUT2D eigenvalue weighted by Gasteiger charge is -2.37. The summed E-state index contributed by atoms with van der Waals surface area (Å²) in [5.74, 6) is 1.15. The monoisotopic (exact) mass is 399 g/mol. The van der Waals surface area contributed by atoms with E-state index in [4.69, 9.17) is 4.74 Å². The predicted octanol–water partition coefficient (Wildman–Crippen LogP) is 3.55. The van der Waals surface area contributed by atoms with Crippen molar-refractivity contribution in [2.75, 3.05) is 51.3 Å². The summed E-state index contributed by atoms with van der Waals surface area (Å²) in [5, 5.41) is 0. The summed E-state index contributed by atoms with van der Waals surface area (Å²) in [7, 11) is 1.68.